The van der Waals surface area contributed by atoms with Crippen LogP contribution >= 0.6 is 11.6 Å². The molecule has 0 unspecified atom stereocenters. The standard InChI is InChI=1S/C13H11ClN4O/c1-8-4-3-5-10(11(8)14)13(19)17-12-9(6-15)7-16-18(12)2/h3-5,7H,1-2H3,(H,17,19). The number of amides is 1. The van der Waals surface area contributed by atoms with Gasteiger partial charge in [0, 0.05) is 7.05 Å². The van der Waals surface area contributed by atoms with Crippen LogP contribution in [0.25, 0.3) is 0 Å². The third kappa shape index (κ3) is 2.44. The third-order valence-electron chi connectivity index (χ3n) is 2.73. The highest BCUT2D eigenvalue weighted by molar-refractivity contribution is 6.35. The van der Waals surface area contributed by atoms with Gasteiger partial charge in [-0.1, -0.05) is 23.7 Å². The molecular formula is C13H11ClN4O. The van der Waals surface area contributed by atoms with Gasteiger partial charge in [-0.25, -0.2) is 0 Å². The Hall–Kier alpha value is -2.32. The van der Waals surface area contributed by atoms with Crippen molar-refractivity contribution in [3.8, 4) is 6.07 Å². The molecule has 0 atom stereocenters. The van der Waals surface area contributed by atoms with Crippen LogP contribution in [0.4, 0.5) is 5.82 Å². The highest BCUT2D eigenvalue weighted by Gasteiger charge is 2.16. The predicted octanol–water partition coefficient (Wildman–Crippen LogP) is 2.51. The first-order valence-electron chi connectivity index (χ1n) is 5.53. The topological polar surface area (TPSA) is 70.7 Å². The molecule has 2 aromatic rings. The molecule has 6 heteroatoms. The van der Waals surface area contributed by atoms with Crippen molar-refractivity contribution in [1.29, 1.82) is 5.26 Å². The summed E-state index contributed by atoms with van der Waals surface area (Å²) in [4.78, 5) is 12.2. The lowest BCUT2D eigenvalue weighted by Gasteiger charge is -2.08. The van der Waals surface area contributed by atoms with Crippen LogP contribution in [0.3, 0.4) is 0 Å². The fraction of sp³-hybridized carbons (Fsp3) is 0.154. The molecule has 0 fully saturated rings. The van der Waals surface area contributed by atoms with Gasteiger partial charge < -0.3 is 5.32 Å². The van der Waals surface area contributed by atoms with Crippen LogP contribution in [-0.2, 0) is 7.05 Å². The van der Waals surface area contributed by atoms with E-state index in [1.54, 1.807) is 19.2 Å². The summed E-state index contributed by atoms with van der Waals surface area (Å²) in [5, 5.41) is 15.9. The Labute approximate surface area is 115 Å². The maximum absolute atomic E-state index is 12.2. The summed E-state index contributed by atoms with van der Waals surface area (Å²) in [6.45, 7) is 1.82. The maximum Gasteiger partial charge on any atom is 0.258 e. The van der Waals surface area contributed by atoms with Gasteiger partial charge in [0.1, 0.15) is 17.5 Å². The first-order valence-corrected chi connectivity index (χ1v) is 5.91. The van der Waals surface area contributed by atoms with Crippen LogP contribution in [0.15, 0.2) is 24.4 Å². The molecule has 1 amide bonds. The number of anilines is 1. The lowest BCUT2D eigenvalue weighted by atomic mass is 10.1. The number of nitrogens with one attached hydrogen (secondary N) is 1. The average molecular weight is 275 g/mol. The summed E-state index contributed by atoms with van der Waals surface area (Å²) in [7, 11) is 1.65. The van der Waals surface area contributed by atoms with Crippen LogP contribution in [0.1, 0.15) is 21.5 Å². The quantitative estimate of drug-likeness (QED) is 0.915. The van der Waals surface area contributed by atoms with Crippen LogP contribution in [0, 0.1) is 18.3 Å². The number of carbonyl (C=O) groups is 1. The molecule has 1 heterocycles. The molecule has 0 saturated heterocycles. The largest absolute Gasteiger partial charge is 0.306 e. The fourth-order valence-electron chi connectivity index (χ4n) is 1.67. The number of halogens is 1. The van der Waals surface area contributed by atoms with Gasteiger partial charge in [-0.15, -0.1) is 0 Å². The minimum absolute atomic E-state index is 0.305. The lowest BCUT2D eigenvalue weighted by molar-refractivity contribution is 0.102. The fourth-order valence-corrected chi connectivity index (χ4v) is 1.88. The number of hydrogen-bond acceptors (Lipinski definition) is 3. The van der Waals surface area contributed by atoms with E-state index in [1.165, 1.54) is 10.9 Å². The van der Waals surface area contributed by atoms with E-state index in [1.807, 2.05) is 19.1 Å². The Morgan fingerprint density at radius 3 is 2.95 bits per heavy atom. The van der Waals surface area contributed by atoms with Crippen molar-refractivity contribution in [2.75, 3.05) is 5.32 Å². The summed E-state index contributed by atoms with van der Waals surface area (Å²) in [6.07, 6.45) is 1.40. The molecule has 2 rings (SSSR count). The number of hydrogen-bond donors (Lipinski definition) is 1. The van der Waals surface area contributed by atoms with Crippen molar-refractivity contribution < 1.29 is 4.79 Å². The molecule has 19 heavy (non-hydrogen) atoms. The molecule has 1 aromatic carbocycles. The molecule has 1 aromatic heterocycles. The van der Waals surface area contributed by atoms with Crippen LogP contribution in [0.2, 0.25) is 5.02 Å². The molecule has 0 aliphatic rings. The smallest absolute Gasteiger partial charge is 0.258 e. The number of aryl methyl sites for hydroxylation is 2. The maximum atomic E-state index is 12.2. The van der Waals surface area contributed by atoms with Gasteiger partial charge in [0.25, 0.3) is 5.91 Å². The Bertz CT molecular complexity index is 684. The minimum atomic E-state index is -0.367. The van der Waals surface area contributed by atoms with Crippen molar-refractivity contribution in [3.63, 3.8) is 0 Å². The number of carbonyl (C=O) groups excluding carboxylic acids is 1. The van der Waals surface area contributed by atoms with Crippen LogP contribution < -0.4 is 5.32 Å². The van der Waals surface area contributed by atoms with Crippen LogP contribution in [-0.4, -0.2) is 15.7 Å². The number of aromatic nitrogens is 2. The zero-order valence-electron chi connectivity index (χ0n) is 10.4. The lowest BCUT2D eigenvalue weighted by Crippen LogP contribution is -2.16. The zero-order valence-corrected chi connectivity index (χ0v) is 11.2. The molecule has 0 bridgehead atoms. The van der Waals surface area contributed by atoms with E-state index in [4.69, 9.17) is 16.9 Å². The Balaban J connectivity index is 2.34. The number of nitrogens with zero attached hydrogens (tertiary/aromatic N) is 3. The van der Waals surface area contributed by atoms with Crippen molar-refractivity contribution in [3.05, 3.63) is 46.1 Å². The van der Waals surface area contributed by atoms with Gasteiger partial charge in [-0.05, 0) is 18.6 Å². The second kappa shape index (κ2) is 5.12. The third-order valence-corrected chi connectivity index (χ3v) is 3.23. The van der Waals surface area contributed by atoms with E-state index >= 15 is 0 Å². The number of rotatable bonds is 2. The predicted molar refractivity (Wildman–Crippen MR) is 72.1 cm³/mol. The second-order valence-corrected chi connectivity index (χ2v) is 4.41. The van der Waals surface area contributed by atoms with E-state index < -0.39 is 0 Å². The molecule has 0 radical (unpaired) electrons. The van der Waals surface area contributed by atoms with Gasteiger partial charge in [0.05, 0.1) is 16.8 Å². The summed E-state index contributed by atoms with van der Waals surface area (Å²) >= 11 is 6.09. The van der Waals surface area contributed by atoms with E-state index in [2.05, 4.69) is 10.4 Å². The first-order chi connectivity index (χ1) is 9.04. The number of benzene rings is 1. The molecule has 0 spiro atoms. The highest BCUT2D eigenvalue weighted by Crippen LogP contribution is 2.22. The van der Waals surface area contributed by atoms with Crippen molar-refractivity contribution in [2.45, 2.75) is 6.92 Å². The van der Waals surface area contributed by atoms with E-state index in [0.29, 0.717) is 22.0 Å². The molecule has 0 saturated carbocycles. The summed E-state index contributed by atoms with van der Waals surface area (Å²) in [5.74, 6) is -0.0149. The van der Waals surface area contributed by atoms with Gasteiger partial charge >= 0.3 is 0 Å². The monoisotopic (exact) mass is 274 g/mol. The molecule has 0 aliphatic carbocycles. The molecule has 1 N–H and O–H groups in total. The SMILES string of the molecule is Cc1cccc(C(=O)Nc2c(C#N)cnn2C)c1Cl. The average Bonchev–Trinajstić information content (AvgIpc) is 2.74. The van der Waals surface area contributed by atoms with Crippen molar-refractivity contribution in [2.24, 2.45) is 7.05 Å². The van der Waals surface area contributed by atoms with Crippen molar-refractivity contribution >= 4 is 23.3 Å². The molecule has 0 aliphatic heterocycles. The van der Waals surface area contributed by atoms with Gasteiger partial charge in [-0.2, -0.15) is 10.4 Å². The molecule has 5 nitrogen and oxygen atoms in total. The number of nitriles is 1. The molecular weight excluding hydrogens is 264 g/mol. The van der Waals surface area contributed by atoms with Gasteiger partial charge in [0.15, 0.2) is 0 Å². The normalized spacial score (nSPS) is 10.0. The van der Waals surface area contributed by atoms with Gasteiger partial charge in [0.2, 0.25) is 0 Å². The summed E-state index contributed by atoms with van der Waals surface area (Å²) in [5.41, 5.74) is 1.49. The Morgan fingerprint density at radius 2 is 2.26 bits per heavy atom. The summed E-state index contributed by atoms with van der Waals surface area (Å²) < 4.78 is 1.43. The zero-order chi connectivity index (χ0) is 14.0. The molecule has 96 valence electrons. The highest BCUT2D eigenvalue weighted by atomic mass is 35.5. The Kier molecular flexibility index (Phi) is 3.54. The van der Waals surface area contributed by atoms with Crippen LogP contribution in [0.5, 0.6) is 0 Å². The summed E-state index contributed by atoms with van der Waals surface area (Å²) in [6, 6.07) is 7.18. The van der Waals surface area contributed by atoms with Crippen molar-refractivity contribution in [1.82, 2.24) is 9.78 Å². The van der Waals surface area contributed by atoms with E-state index in [9.17, 15) is 4.79 Å². The first kappa shape index (κ1) is 13.1. The van der Waals surface area contributed by atoms with Gasteiger partial charge in [-0.3, -0.25) is 9.48 Å². The minimum Gasteiger partial charge on any atom is -0.306 e. The second-order valence-electron chi connectivity index (χ2n) is 4.03. The Morgan fingerprint density at radius 1 is 1.53 bits per heavy atom. The van der Waals surface area contributed by atoms with E-state index in [-0.39, 0.29) is 5.91 Å². The van der Waals surface area contributed by atoms with E-state index in [0.717, 1.165) is 5.56 Å².